The molecule has 2 aromatic rings. The maximum atomic E-state index is 10.8. The molecule has 0 bridgehead atoms. The van der Waals surface area contributed by atoms with Crippen molar-refractivity contribution in [2.45, 2.75) is 20.3 Å². The molecular weight excluding hydrogens is 296 g/mol. The summed E-state index contributed by atoms with van der Waals surface area (Å²) in [5.74, 6) is -0.859. The van der Waals surface area contributed by atoms with Gasteiger partial charge in [-0.25, -0.2) is 4.68 Å². The second-order valence-electron chi connectivity index (χ2n) is 4.17. The lowest BCUT2D eigenvalue weighted by atomic mass is 10.2. The smallest absolute Gasteiger partial charge is 0.307 e. The number of aliphatic carboxylic acids is 1. The van der Waals surface area contributed by atoms with Crippen LogP contribution in [0.5, 0.6) is 0 Å². The van der Waals surface area contributed by atoms with Gasteiger partial charge in [-0.05, 0) is 41.9 Å². The molecule has 0 aliphatic rings. The fourth-order valence-corrected chi connectivity index (χ4v) is 2.45. The summed E-state index contributed by atoms with van der Waals surface area (Å²) in [7, 11) is 0. The molecule has 0 amide bonds. The van der Waals surface area contributed by atoms with Crippen molar-refractivity contribution in [3.05, 3.63) is 45.7 Å². The van der Waals surface area contributed by atoms with Gasteiger partial charge in [0.15, 0.2) is 0 Å². The van der Waals surface area contributed by atoms with E-state index in [2.05, 4.69) is 21.0 Å². The summed E-state index contributed by atoms with van der Waals surface area (Å²) >= 11 is 3.42. The number of carbonyl (C=O) groups is 1. The summed E-state index contributed by atoms with van der Waals surface area (Å²) < 4.78 is 2.42. The first kappa shape index (κ1) is 12.8. The second-order valence-corrected chi connectivity index (χ2v) is 4.92. The first-order valence-corrected chi connectivity index (χ1v) is 6.31. The molecule has 2 rings (SSSR count). The normalized spacial score (nSPS) is 10.6. The maximum Gasteiger partial charge on any atom is 0.307 e. The molecule has 5 heteroatoms. The average molecular weight is 309 g/mol. The second kappa shape index (κ2) is 4.94. The molecular formula is C13H13BrN2O2. The SMILES string of the molecule is Cc1ccc(-n2nc(C)c(CC(=O)O)c2Br)cc1. The average Bonchev–Trinajstić information content (AvgIpc) is 2.58. The fraction of sp³-hybridized carbons (Fsp3) is 0.231. The molecule has 0 atom stereocenters. The Labute approximate surface area is 113 Å². The van der Waals surface area contributed by atoms with Gasteiger partial charge in [-0.3, -0.25) is 4.79 Å². The number of benzene rings is 1. The minimum absolute atomic E-state index is 0.0295. The number of carboxylic acid groups (broad SMARTS) is 1. The van der Waals surface area contributed by atoms with Gasteiger partial charge >= 0.3 is 5.97 Å². The van der Waals surface area contributed by atoms with Gasteiger partial charge in [-0.1, -0.05) is 17.7 Å². The summed E-state index contributed by atoms with van der Waals surface area (Å²) in [5.41, 5.74) is 3.52. The summed E-state index contributed by atoms with van der Waals surface area (Å²) in [5, 5.41) is 13.2. The Kier molecular flexibility index (Phi) is 3.52. The lowest BCUT2D eigenvalue weighted by Gasteiger charge is -2.04. The highest BCUT2D eigenvalue weighted by Crippen LogP contribution is 2.24. The molecule has 0 unspecified atom stereocenters. The third kappa shape index (κ3) is 2.46. The van der Waals surface area contributed by atoms with Crippen LogP contribution in [-0.4, -0.2) is 20.9 Å². The summed E-state index contributed by atoms with van der Waals surface area (Å²) in [6.07, 6.45) is -0.0295. The van der Waals surface area contributed by atoms with Gasteiger partial charge in [-0.15, -0.1) is 0 Å². The van der Waals surface area contributed by atoms with Crippen molar-refractivity contribution in [1.29, 1.82) is 0 Å². The molecule has 18 heavy (non-hydrogen) atoms. The molecule has 0 radical (unpaired) electrons. The third-order valence-electron chi connectivity index (χ3n) is 2.73. The molecule has 0 spiro atoms. The van der Waals surface area contributed by atoms with Crippen LogP contribution in [-0.2, 0) is 11.2 Å². The van der Waals surface area contributed by atoms with E-state index in [9.17, 15) is 4.79 Å². The van der Waals surface area contributed by atoms with Gasteiger partial charge in [0.1, 0.15) is 4.60 Å². The summed E-state index contributed by atoms with van der Waals surface area (Å²) in [6.45, 7) is 3.83. The van der Waals surface area contributed by atoms with Crippen LogP contribution < -0.4 is 0 Å². The van der Waals surface area contributed by atoms with Crippen molar-refractivity contribution < 1.29 is 9.90 Å². The number of hydrogen-bond donors (Lipinski definition) is 1. The zero-order chi connectivity index (χ0) is 13.3. The van der Waals surface area contributed by atoms with E-state index < -0.39 is 5.97 Å². The molecule has 4 nitrogen and oxygen atoms in total. The van der Waals surface area contributed by atoms with Gasteiger partial charge in [0.25, 0.3) is 0 Å². The lowest BCUT2D eigenvalue weighted by molar-refractivity contribution is -0.136. The van der Waals surface area contributed by atoms with Gasteiger partial charge in [0.2, 0.25) is 0 Å². The topological polar surface area (TPSA) is 55.1 Å². The van der Waals surface area contributed by atoms with E-state index in [-0.39, 0.29) is 6.42 Å². The highest BCUT2D eigenvalue weighted by atomic mass is 79.9. The van der Waals surface area contributed by atoms with Crippen LogP contribution in [0.4, 0.5) is 0 Å². The van der Waals surface area contributed by atoms with Crippen molar-refractivity contribution in [2.75, 3.05) is 0 Å². The Morgan fingerprint density at radius 2 is 1.94 bits per heavy atom. The van der Waals surface area contributed by atoms with Crippen LogP contribution in [0.25, 0.3) is 5.69 Å². The summed E-state index contributed by atoms with van der Waals surface area (Å²) in [6, 6.07) is 7.90. The van der Waals surface area contributed by atoms with Crippen molar-refractivity contribution in [2.24, 2.45) is 0 Å². The molecule has 0 aliphatic carbocycles. The van der Waals surface area contributed by atoms with Crippen LogP contribution in [0, 0.1) is 13.8 Å². The Bertz CT molecular complexity index is 588. The van der Waals surface area contributed by atoms with Gasteiger partial charge in [0.05, 0.1) is 17.8 Å². The minimum Gasteiger partial charge on any atom is -0.481 e. The van der Waals surface area contributed by atoms with Gasteiger partial charge < -0.3 is 5.11 Å². The number of rotatable bonds is 3. The predicted octanol–water partition coefficient (Wildman–Crippen LogP) is 2.88. The molecule has 1 aromatic heterocycles. The zero-order valence-electron chi connectivity index (χ0n) is 10.1. The highest BCUT2D eigenvalue weighted by Gasteiger charge is 2.16. The van der Waals surface area contributed by atoms with Gasteiger partial charge in [0, 0.05) is 5.56 Å². The molecule has 1 heterocycles. The molecule has 0 saturated carbocycles. The van der Waals surface area contributed by atoms with Crippen molar-refractivity contribution in [1.82, 2.24) is 9.78 Å². The van der Waals surface area contributed by atoms with Crippen LogP contribution >= 0.6 is 15.9 Å². The van der Waals surface area contributed by atoms with Crippen LogP contribution in [0.2, 0.25) is 0 Å². The quantitative estimate of drug-likeness (QED) is 0.948. The van der Waals surface area contributed by atoms with Crippen molar-refractivity contribution >= 4 is 21.9 Å². The Morgan fingerprint density at radius 1 is 1.33 bits per heavy atom. The number of aromatic nitrogens is 2. The summed E-state index contributed by atoms with van der Waals surface area (Å²) in [4.78, 5) is 10.8. The molecule has 1 aromatic carbocycles. The van der Waals surface area contributed by atoms with E-state index in [0.717, 1.165) is 11.4 Å². The monoisotopic (exact) mass is 308 g/mol. The molecule has 0 fully saturated rings. The van der Waals surface area contributed by atoms with Crippen LogP contribution in [0.15, 0.2) is 28.9 Å². The number of hydrogen-bond acceptors (Lipinski definition) is 2. The lowest BCUT2D eigenvalue weighted by Crippen LogP contribution is -2.01. The van der Waals surface area contributed by atoms with E-state index >= 15 is 0 Å². The Morgan fingerprint density at radius 3 is 2.50 bits per heavy atom. The highest BCUT2D eigenvalue weighted by molar-refractivity contribution is 9.10. The van der Waals surface area contributed by atoms with E-state index in [1.54, 1.807) is 4.68 Å². The van der Waals surface area contributed by atoms with E-state index in [1.807, 2.05) is 38.1 Å². The van der Waals surface area contributed by atoms with Crippen molar-refractivity contribution in [3.8, 4) is 5.69 Å². The Balaban J connectivity index is 2.46. The predicted molar refractivity (Wildman–Crippen MR) is 72.1 cm³/mol. The van der Waals surface area contributed by atoms with Crippen LogP contribution in [0.3, 0.4) is 0 Å². The molecule has 1 N–H and O–H groups in total. The van der Waals surface area contributed by atoms with E-state index in [0.29, 0.717) is 10.2 Å². The number of carboxylic acids is 1. The van der Waals surface area contributed by atoms with Crippen molar-refractivity contribution in [3.63, 3.8) is 0 Å². The maximum absolute atomic E-state index is 10.8. The number of aryl methyl sites for hydroxylation is 2. The third-order valence-corrected chi connectivity index (χ3v) is 3.54. The Hall–Kier alpha value is -1.62. The largest absolute Gasteiger partial charge is 0.481 e. The van der Waals surface area contributed by atoms with E-state index in [1.165, 1.54) is 5.56 Å². The number of nitrogens with zero attached hydrogens (tertiary/aromatic N) is 2. The van der Waals surface area contributed by atoms with E-state index in [4.69, 9.17) is 5.11 Å². The standard InChI is InChI=1S/C13H13BrN2O2/c1-8-3-5-10(6-4-8)16-13(14)11(7-12(17)18)9(2)15-16/h3-6H,7H2,1-2H3,(H,17,18). The molecule has 94 valence electrons. The zero-order valence-corrected chi connectivity index (χ0v) is 11.7. The first-order chi connectivity index (χ1) is 8.49. The minimum atomic E-state index is -0.859. The van der Waals surface area contributed by atoms with Gasteiger partial charge in [-0.2, -0.15) is 5.10 Å². The molecule has 0 saturated heterocycles. The van der Waals surface area contributed by atoms with Crippen LogP contribution in [0.1, 0.15) is 16.8 Å². The molecule has 0 aliphatic heterocycles. The first-order valence-electron chi connectivity index (χ1n) is 5.52. The fourth-order valence-electron chi connectivity index (χ4n) is 1.74. The number of halogens is 1.